The van der Waals surface area contributed by atoms with Crippen molar-refractivity contribution in [2.45, 2.75) is 13.5 Å². The molecule has 3 aromatic carbocycles. The van der Waals surface area contributed by atoms with Crippen molar-refractivity contribution in [2.75, 3.05) is 24.9 Å². The van der Waals surface area contributed by atoms with Crippen molar-refractivity contribution < 1.29 is 18.7 Å². The zero-order valence-electron chi connectivity index (χ0n) is 22.3. The third-order valence-electron chi connectivity index (χ3n) is 6.31. The maximum atomic E-state index is 13.4. The van der Waals surface area contributed by atoms with Gasteiger partial charge in [-0.1, -0.05) is 0 Å². The van der Waals surface area contributed by atoms with Gasteiger partial charge in [0, 0.05) is 41.3 Å². The van der Waals surface area contributed by atoms with Crippen LogP contribution in [-0.4, -0.2) is 39.5 Å². The number of carbonyl (C=O) groups excluding carboxylic acids is 1. The molecule has 0 bridgehead atoms. The number of carbonyl (C=O) groups is 1. The first-order valence-electron chi connectivity index (χ1n) is 12.5. The van der Waals surface area contributed by atoms with Crippen molar-refractivity contribution in [3.63, 3.8) is 0 Å². The van der Waals surface area contributed by atoms with E-state index in [0.717, 1.165) is 38.1 Å². The Bertz CT molecular complexity index is 1870. The minimum atomic E-state index is -0.918. The molecule has 1 amide bonds. The number of amides is 1. The van der Waals surface area contributed by atoms with E-state index in [9.17, 15) is 18.8 Å². The molecule has 0 saturated carbocycles. The number of aromatic nitrogens is 4. The molecule has 0 aliphatic rings. The fraction of sp³-hybridized carbons (Fsp3) is 0.138. The van der Waals surface area contributed by atoms with Crippen LogP contribution in [0.15, 0.2) is 82.5 Å². The fourth-order valence-corrected chi connectivity index (χ4v) is 4.25. The summed E-state index contributed by atoms with van der Waals surface area (Å²) in [6.07, 6.45) is 1.67. The minimum Gasteiger partial charge on any atom is -0.493 e. The summed E-state index contributed by atoms with van der Waals surface area (Å²) in [6, 6.07) is 17.1. The summed E-state index contributed by atoms with van der Waals surface area (Å²) in [4.78, 5) is 43.4. The fourth-order valence-electron chi connectivity index (χ4n) is 4.25. The molecule has 2 aromatic heterocycles. The Kier molecular flexibility index (Phi) is 7.46. The molecule has 5 aromatic rings. The van der Waals surface area contributed by atoms with E-state index in [1.54, 1.807) is 57.7 Å². The van der Waals surface area contributed by atoms with Crippen LogP contribution in [0, 0.1) is 5.82 Å². The summed E-state index contributed by atoms with van der Waals surface area (Å²) in [5.74, 6) is -0.191. The highest BCUT2D eigenvalue weighted by molar-refractivity contribution is 6.02. The zero-order chi connectivity index (χ0) is 29.1. The number of benzene rings is 3. The van der Waals surface area contributed by atoms with Gasteiger partial charge in [-0.25, -0.2) is 18.4 Å². The molecular formula is C29H25FN6O5. The lowest BCUT2D eigenvalue weighted by atomic mass is 10.1. The van der Waals surface area contributed by atoms with Crippen LogP contribution in [0.4, 0.5) is 21.5 Å². The highest BCUT2D eigenvalue weighted by Gasteiger charge is 2.20. The van der Waals surface area contributed by atoms with E-state index in [1.165, 1.54) is 12.1 Å². The van der Waals surface area contributed by atoms with Crippen LogP contribution >= 0.6 is 0 Å². The molecule has 5 rings (SSSR count). The molecule has 0 saturated heterocycles. The number of pyridine rings is 1. The molecule has 2 N–H and O–H groups in total. The smallest absolute Gasteiger partial charge is 0.352 e. The topological polar surface area (TPSA) is 129 Å². The second-order valence-corrected chi connectivity index (χ2v) is 8.80. The first kappa shape index (κ1) is 27.1. The second kappa shape index (κ2) is 11.3. The van der Waals surface area contributed by atoms with Crippen molar-refractivity contribution in [2.24, 2.45) is 0 Å². The maximum absolute atomic E-state index is 13.4. The van der Waals surface area contributed by atoms with Gasteiger partial charge in [0.15, 0.2) is 11.5 Å². The van der Waals surface area contributed by atoms with E-state index in [-0.39, 0.29) is 12.2 Å². The van der Waals surface area contributed by atoms with E-state index in [1.807, 2.05) is 12.1 Å². The molecule has 0 spiro atoms. The Labute approximate surface area is 232 Å². The van der Waals surface area contributed by atoms with Crippen molar-refractivity contribution in [1.29, 1.82) is 0 Å². The van der Waals surface area contributed by atoms with Gasteiger partial charge in [-0.15, -0.1) is 0 Å². The van der Waals surface area contributed by atoms with Crippen LogP contribution in [-0.2, 0) is 6.54 Å². The number of nitrogens with zero attached hydrogens (tertiary/aromatic N) is 4. The highest BCUT2D eigenvalue weighted by atomic mass is 19.1. The Morgan fingerprint density at radius 3 is 2.24 bits per heavy atom. The largest absolute Gasteiger partial charge is 0.493 e. The van der Waals surface area contributed by atoms with Crippen molar-refractivity contribution >= 4 is 33.9 Å². The molecule has 208 valence electrons. The Balaban J connectivity index is 1.40. The molecule has 12 heteroatoms. The molecule has 0 unspecified atom stereocenters. The third-order valence-corrected chi connectivity index (χ3v) is 6.31. The number of methoxy groups -OCH3 is 2. The van der Waals surface area contributed by atoms with E-state index < -0.39 is 28.7 Å². The quantitative estimate of drug-likeness (QED) is 0.292. The molecule has 0 radical (unpaired) electrons. The van der Waals surface area contributed by atoms with Gasteiger partial charge in [-0.05, 0) is 67.6 Å². The van der Waals surface area contributed by atoms with Crippen molar-refractivity contribution in [3.8, 4) is 17.2 Å². The van der Waals surface area contributed by atoms with Crippen molar-refractivity contribution in [1.82, 2.24) is 19.3 Å². The standard InChI is InChI=1S/C29H25FN6O5/c1-4-35-29(39)36(20-11-5-17(30)6-12-20)28(38)26(34-35)27(37)33-19-9-7-18(8-10-19)32-22-13-14-31-23-16-25(41-3)24(40-2)15-21(22)23/h5-16H,4H2,1-3H3,(H,31,32)(H,33,37). The third kappa shape index (κ3) is 5.35. The molecule has 0 aliphatic carbocycles. The molecule has 2 heterocycles. The van der Waals surface area contributed by atoms with Crippen LogP contribution < -0.4 is 31.4 Å². The van der Waals surface area contributed by atoms with Gasteiger partial charge in [-0.3, -0.25) is 14.6 Å². The van der Waals surface area contributed by atoms with Crippen LogP contribution in [0.25, 0.3) is 16.6 Å². The lowest BCUT2D eigenvalue weighted by Crippen LogP contribution is -2.44. The van der Waals surface area contributed by atoms with Gasteiger partial charge < -0.3 is 20.1 Å². The number of fused-ring (bicyclic) bond motifs is 1. The van der Waals surface area contributed by atoms with E-state index in [0.29, 0.717) is 22.7 Å². The second-order valence-electron chi connectivity index (χ2n) is 8.80. The average molecular weight is 557 g/mol. The lowest BCUT2D eigenvalue weighted by molar-refractivity contribution is 0.101. The molecule has 41 heavy (non-hydrogen) atoms. The summed E-state index contributed by atoms with van der Waals surface area (Å²) >= 11 is 0. The number of anilines is 3. The molecule has 0 aliphatic heterocycles. The van der Waals surface area contributed by atoms with Crippen LogP contribution in [0.3, 0.4) is 0 Å². The highest BCUT2D eigenvalue weighted by Crippen LogP contribution is 2.35. The Morgan fingerprint density at radius 1 is 0.927 bits per heavy atom. The predicted molar refractivity (Wildman–Crippen MR) is 152 cm³/mol. The molecule has 0 fully saturated rings. The summed E-state index contributed by atoms with van der Waals surface area (Å²) in [7, 11) is 3.12. The summed E-state index contributed by atoms with van der Waals surface area (Å²) < 4.78 is 26.0. The maximum Gasteiger partial charge on any atom is 0.352 e. The predicted octanol–water partition coefficient (Wildman–Crippen LogP) is 4.11. The first-order chi connectivity index (χ1) is 19.8. The van der Waals surface area contributed by atoms with E-state index in [2.05, 4.69) is 20.7 Å². The van der Waals surface area contributed by atoms with Gasteiger partial charge in [0.2, 0.25) is 5.69 Å². The Hall–Kier alpha value is -5.52. The summed E-state index contributed by atoms with van der Waals surface area (Å²) in [5, 5.41) is 10.8. The average Bonchev–Trinajstić information content (AvgIpc) is 2.98. The number of ether oxygens (including phenoxy) is 2. The van der Waals surface area contributed by atoms with Crippen LogP contribution in [0.5, 0.6) is 11.5 Å². The number of hydrogen-bond acceptors (Lipinski definition) is 8. The molecular weight excluding hydrogens is 531 g/mol. The van der Waals surface area contributed by atoms with Gasteiger partial charge in [0.05, 0.1) is 25.4 Å². The first-order valence-corrected chi connectivity index (χ1v) is 12.5. The summed E-state index contributed by atoms with van der Waals surface area (Å²) in [5.41, 5.74) is 0.594. The molecule has 0 atom stereocenters. The monoisotopic (exact) mass is 556 g/mol. The normalized spacial score (nSPS) is 10.8. The van der Waals surface area contributed by atoms with E-state index >= 15 is 0 Å². The van der Waals surface area contributed by atoms with Gasteiger partial charge >= 0.3 is 5.69 Å². The van der Waals surface area contributed by atoms with Crippen LogP contribution in [0.2, 0.25) is 0 Å². The SMILES string of the molecule is CCn1nc(C(=O)Nc2ccc(Nc3ccnc4cc(OC)c(OC)cc34)cc2)c(=O)n(-c2ccc(F)cc2)c1=O. The number of aryl methyl sites for hydroxylation is 1. The minimum absolute atomic E-state index is 0.114. The Morgan fingerprint density at radius 2 is 1.59 bits per heavy atom. The lowest BCUT2D eigenvalue weighted by Gasteiger charge is -2.13. The number of rotatable bonds is 8. The van der Waals surface area contributed by atoms with Crippen molar-refractivity contribution in [3.05, 3.63) is 105 Å². The zero-order valence-corrected chi connectivity index (χ0v) is 22.3. The molecule has 11 nitrogen and oxygen atoms in total. The number of hydrogen-bond donors (Lipinski definition) is 2. The summed E-state index contributed by atoms with van der Waals surface area (Å²) in [6.45, 7) is 1.77. The number of nitrogens with one attached hydrogen (secondary N) is 2. The van der Waals surface area contributed by atoms with Gasteiger partial charge in [0.1, 0.15) is 5.82 Å². The van der Waals surface area contributed by atoms with Gasteiger partial charge in [-0.2, -0.15) is 5.10 Å². The van der Waals surface area contributed by atoms with Gasteiger partial charge in [0.25, 0.3) is 11.5 Å². The van der Waals surface area contributed by atoms with E-state index in [4.69, 9.17) is 9.47 Å². The number of halogens is 1. The van der Waals surface area contributed by atoms with Crippen LogP contribution in [0.1, 0.15) is 17.4 Å².